The van der Waals surface area contributed by atoms with Crippen molar-refractivity contribution >= 4 is 44.9 Å². The number of methoxy groups -OCH3 is 1. The first-order chi connectivity index (χ1) is 25.0. The van der Waals surface area contributed by atoms with E-state index in [2.05, 4.69) is 28.8 Å². The molecule has 1 aromatic heterocycles. The molecule has 1 aliphatic heterocycles. The molecule has 3 fully saturated rings. The minimum absolute atomic E-state index is 0.0223. The molecule has 2 heterocycles. The zero-order chi connectivity index (χ0) is 40.0. The number of carbonyl (C=O) groups is 4. The molecular formula is C38H51N5O10S. The summed E-state index contributed by atoms with van der Waals surface area (Å²) in [5, 5.41) is 6.92. The largest absolute Gasteiger partial charge is 0.497 e. The Kier molecular flexibility index (Phi) is 10.9. The van der Waals surface area contributed by atoms with Gasteiger partial charge in [-0.25, -0.2) is 18.7 Å². The summed E-state index contributed by atoms with van der Waals surface area (Å²) >= 11 is 0. The molecule has 1 saturated heterocycles. The average Bonchev–Trinajstić information content (AvgIpc) is 3.92. The fourth-order valence-electron chi connectivity index (χ4n) is 6.43. The number of hydrogen-bond acceptors (Lipinski definition) is 11. The second-order valence-corrected chi connectivity index (χ2v) is 17.9. The second-order valence-electron chi connectivity index (χ2n) is 16.6. The number of rotatable bonds is 13. The third-order valence-electron chi connectivity index (χ3n) is 9.81. The standard InChI is InChI=1S/C38H51N5O10S/c1-11-25-20-38(25,33(46)42-54(48,49)53-37(9)15-16-37)41-30(44)28-19-24(22(2)51-31-27-13-12-26(50-10)18-23(27)14-17-39-31)21-43(28)32(45)29(35(3,4)5)40-34(47)52-36(6,7)8/h11-14,17-18,24-25,28-29H,1-2,15-16,19-21H2,3-10H3,(H,40,47)(H,41,44)(H,42,46)/t24-,25?,28+,29-,38-/m1/s1. The highest BCUT2D eigenvalue weighted by atomic mass is 32.2. The zero-order valence-corrected chi connectivity index (χ0v) is 32.9. The molecule has 2 saturated carbocycles. The predicted molar refractivity (Wildman–Crippen MR) is 199 cm³/mol. The summed E-state index contributed by atoms with van der Waals surface area (Å²) in [4.78, 5) is 61.1. The molecule has 3 aliphatic rings. The van der Waals surface area contributed by atoms with E-state index in [4.69, 9.17) is 18.4 Å². The maximum Gasteiger partial charge on any atom is 0.408 e. The highest BCUT2D eigenvalue weighted by molar-refractivity contribution is 7.85. The Hall–Kier alpha value is -4.70. The predicted octanol–water partition coefficient (Wildman–Crippen LogP) is 4.28. The molecule has 16 heteroatoms. The summed E-state index contributed by atoms with van der Waals surface area (Å²) in [7, 11) is -2.93. The molecule has 15 nitrogen and oxygen atoms in total. The van der Waals surface area contributed by atoms with Crippen molar-refractivity contribution in [3.05, 3.63) is 55.5 Å². The number of nitrogens with zero attached hydrogens (tertiary/aromatic N) is 2. The molecular weight excluding hydrogens is 719 g/mol. The lowest BCUT2D eigenvalue weighted by molar-refractivity contribution is -0.143. The number of likely N-dealkylation sites (tertiary alicyclic amines) is 1. The summed E-state index contributed by atoms with van der Waals surface area (Å²) in [6.07, 6.45) is 3.35. The number of benzene rings is 1. The second kappa shape index (κ2) is 14.5. The summed E-state index contributed by atoms with van der Waals surface area (Å²) in [5.41, 5.74) is -4.24. The molecule has 2 aliphatic carbocycles. The third-order valence-corrected chi connectivity index (χ3v) is 10.9. The molecule has 5 atom stereocenters. The van der Waals surface area contributed by atoms with Gasteiger partial charge in [0.2, 0.25) is 17.7 Å². The monoisotopic (exact) mass is 769 g/mol. The van der Waals surface area contributed by atoms with Crippen LogP contribution in [0.25, 0.3) is 10.8 Å². The lowest BCUT2D eigenvalue weighted by Crippen LogP contribution is -2.60. The quantitative estimate of drug-likeness (QED) is 0.195. The first kappa shape index (κ1) is 40.5. The molecule has 0 spiro atoms. The van der Waals surface area contributed by atoms with Gasteiger partial charge in [0.25, 0.3) is 5.91 Å². The third kappa shape index (κ3) is 9.14. The summed E-state index contributed by atoms with van der Waals surface area (Å²) in [5.74, 6) is -2.35. The van der Waals surface area contributed by atoms with E-state index in [9.17, 15) is 27.6 Å². The van der Waals surface area contributed by atoms with Crippen molar-refractivity contribution in [3.8, 4) is 11.6 Å². The topological polar surface area (TPSA) is 192 Å². The minimum atomic E-state index is -4.49. The van der Waals surface area contributed by atoms with Crippen molar-refractivity contribution in [2.45, 2.75) is 103 Å². The van der Waals surface area contributed by atoms with E-state index in [0.717, 1.165) is 5.39 Å². The van der Waals surface area contributed by atoms with Crippen LogP contribution in [0.5, 0.6) is 11.6 Å². The fourth-order valence-corrected chi connectivity index (χ4v) is 7.58. The first-order valence-electron chi connectivity index (χ1n) is 17.8. The van der Waals surface area contributed by atoms with Crippen LogP contribution in [-0.4, -0.2) is 84.6 Å². The Morgan fingerprint density at radius 2 is 1.78 bits per heavy atom. The molecule has 4 amide bonds. The van der Waals surface area contributed by atoms with E-state index in [-0.39, 0.29) is 31.0 Å². The van der Waals surface area contributed by atoms with Gasteiger partial charge in [0.15, 0.2) is 0 Å². The number of alkyl carbamates (subject to hydrolysis) is 1. The van der Waals surface area contributed by atoms with E-state index >= 15 is 0 Å². The average molecular weight is 770 g/mol. The van der Waals surface area contributed by atoms with E-state index < -0.39 is 80.2 Å². The van der Waals surface area contributed by atoms with Gasteiger partial charge in [0.1, 0.15) is 34.7 Å². The Balaban J connectivity index is 1.43. The van der Waals surface area contributed by atoms with Crippen molar-refractivity contribution in [3.63, 3.8) is 0 Å². The summed E-state index contributed by atoms with van der Waals surface area (Å²) < 4.78 is 49.6. The molecule has 54 heavy (non-hydrogen) atoms. The number of fused-ring (bicyclic) bond motifs is 1. The van der Waals surface area contributed by atoms with Crippen LogP contribution in [0.4, 0.5) is 4.79 Å². The highest BCUT2D eigenvalue weighted by Gasteiger charge is 2.62. The Morgan fingerprint density at radius 1 is 1.09 bits per heavy atom. The van der Waals surface area contributed by atoms with Crippen LogP contribution in [0.3, 0.4) is 0 Å². The Bertz CT molecular complexity index is 1970. The van der Waals surface area contributed by atoms with Gasteiger partial charge in [0, 0.05) is 30.0 Å². The van der Waals surface area contributed by atoms with Crippen molar-refractivity contribution < 1.29 is 46.0 Å². The Labute approximate surface area is 316 Å². The number of aromatic nitrogens is 1. The number of carbonyl (C=O) groups excluding carboxylic acids is 4. The van der Waals surface area contributed by atoms with Crippen LogP contribution in [0.15, 0.2) is 55.5 Å². The summed E-state index contributed by atoms with van der Waals surface area (Å²) in [6.45, 7) is 19.9. The minimum Gasteiger partial charge on any atom is -0.497 e. The van der Waals surface area contributed by atoms with E-state index in [1.54, 1.807) is 80.0 Å². The lowest BCUT2D eigenvalue weighted by atomic mass is 9.85. The van der Waals surface area contributed by atoms with E-state index in [1.807, 2.05) is 10.8 Å². The number of pyridine rings is 1. The van der Waals surface area contributed by atoms with Crippen LogP contribution in [0.1, 0.15) is 74.1 Å². The van der Waals surface area contributed by atoms with Gasteiger partial charge in [-0.1, -0.05) is 33.4 Å². The van der Waals surface area contributed by atoms with Gasteiger partial charge in [-0.15, -0.1) is 6.58 Å². The SMILES string of the molecule is C=CC1C[C@]1(NC(=O)[C@@H]1C[C@@H](C(=C)Oc2nccc3cc(OC)ccc23)CN1C(=O)[C@@H](NC(=O)OC(C)(C)C)C(C)(C)C)C(=O)NS(=O)(=O)OC1(C)CC1. The fraction of sp³-hybridized carbons (Fsp3) is 0.553. The van der Waals surface area contributed by atoms with Gasteiger partial charge in [-0.3, -0.25) is 14.4 Å². The summed E-state index contributed by atoms with van der Waals surface area (Å²) in [6, 6.07) is 4.87. The van der Waals surface area contributed by atoms with Gasteiger partial charge >= 0.3 is 16.4 Å². The molecule has 5 rings (SSSR count). The maximum atomic E-state index is 14.5. The molecule has 2 aromatic rings. The van der Waals surface area contributed by atoms with Crippen LogP contribution in [-0.2, 0) is 33.6 Å². The number of amides is 4. The van der Waals surface area contributed by atoms with E-state index in [0.29, 0.717) is 24.0 Å². The molecule has 1 unspecified atom stereocenters. The smallest absolute Gasteiger partial charge is 0.408 e. The number of hydrogen-bond donors (Lipinski definition) is 3. The van der Waals surface area contributed by atoms with Crippen LogP contribution < -0.4 is 24.8 Å². The first-order valence-corrected chi connectivity index (χ1v) is 19.2. The van der Waals surface area contributed by atoms with Crippen LogP contribution in [0, 0.1) is 17.3 Å². The van der Waals surface area contributed by atoms with E-state index in [1.165, 1.54) is 11.0 Å². The Morgan fingerprint density at radius 3 is 2.35 bits per heavy atom. The van der Waals surface area contributed by atoms with Crippen molar-refractivity contribution in [2.24, 2.45) is 17.3 Å². The van der Waals surface area contributed by atoms with Crippen molar-refractivity contribution in [1.82, 2.24) is 25.2 Å². The number of nitrogens with one attached hydrogen (secondary N) is 3. The van der Waals surface area contributed by atoms with Gasteiger partial charge in [-0.2, -0.15) is 8.42 Å². The van der Waals surface area contributed by atoms with Crippen LogP contribution in [0.2, 0.25) is 0 Å². The van der Waals surface area contributed by atoms with Gasteiger partial charge in [-0.05, 0) is 88.4 Å². The molecule has 3 N–H and O–H groups in total. The molecule has 0 radical (unpaired) electrons. The lowest BCUT2D eigenvalue weighted by Gasteiger charge is -2.36. The van der Waals surface area contributed by atoms with Gasteiger partial charge < -0.3 is 29.7 Å². The van der Waals surface area contributed by atoms with Crippen molar-refractivity contribution in [1.29, 1.82) is 0 Å². The molecule has 1 aromatic carbocycles. The van der Waals surface area contributed by atoms with Gasteiger partial charge in [0.05, 0.1) is 12.7 Å². The van der Waals surface area contributed by atoms with Crippen LogP contribution >= 0.6 is 0 Å². The highest BCUT2D eigenvalue weighted by Crippen LogP contribution is 2.46. The zero-order valence-electron chi connectivity index (χ0n) is 32.1. The normalized spacial score (nSPS) is 23.8. The van der Waals surface area contributed by atoms with Crippen molar-refractivity contribution in [2.75, 3.05) is 13.7 Å². The molecule has 294 valence electrons. The number of ether oxygens (including phenoxy) is 3. The molecule has 0 bridgehead atoms. The maximum absolute atomic E-state index is 14.5.